The third-order valence-corrected chi connectivity index (χ3v) is 3.16. The number of hydrogen-bond acceptors (Lipinski definition) is 5. The first-order valence-electron chi connectivity index (χ1n) is 6.94. The summed E-state index contributed by atoms with van der Waals surface area (Å²) < 4.78 is 5.32. The molecule has 2 aromatic heterocycles. The summed E-state index contributed by atoms with van der Waals surface area (Å²) in [5, 5.41) is 6.50. The summed E-state index contributed by atoms with van der Waals surface area (Å²) >= 11 is 0. The highest BCUT2D eigenvalue weighted by Gasteiger charge is 2.12. The zero-order chi connectivity index (χ0) is 14.5. The predicted molar refractivity (Wildman–Crippen MR) is 81.3 cm³/mol. The van der Waals surface area contributed by atoms with Gasteiger partial charge in [0.2, 0.25) is 0 Å². The summed E-state index contributed by atoms with van der Waals surface area (Å²) in [6, 6.07) is 3.88. The lowest BCUT2D eigenvalue weighted by Crippen LogP contribution is -2.12. The Balaban J connectivity index is 2.11. The molecular formula is C15H22N4O. The molecule has 0 unspecified atom stereocenters. The van der Waals surface area contributed by atoms with Gasteiger partial charge in [0.15, 0.2) is 0 Å². The minimum Gasteiger partial charge on any atom is -0.469 e. The lowest BCUT2D eigenvalue weighted by Gasteiger charge is -2.14. The number of furan rings is 1. The normalized spacial score (nSPS) is 10.8. The van der Waals surface area contributed by atoms with E-state index >= 15 is 0 Å². The van der Waals surface area contributed by atoms with Crippen molar-refractivity contribution >= 4 is 11.6 Å². The molecule has 0 aromatic carbocycles. The molecule has 0 aliphatic heterocycles. The lowest BCUT2D eigenvalue weighted by molar-refractivity contribution is 0.513. The van der Waals surface area contributed by atoms with Crippen LogP contribution in [0, 0.1) is 6.92 Å². The predicted octanol–water partition coefficient (Wildman–Crippen LogP) is 3.20. The van der Waals surface area contributed by atoms with Crippen molar-refractivity contribution in [1.29, 1.82) is 0 Å². The van der Waals surface area contributed by atoms with Gasteiger partial charge in [0.25, 0.3) is 0 Å². The molecular weight excluding hydrogens is 252 g/mol. The van der Waals surface area contributed by atoms with E-state index in [4.69, 9.17) is 4.42 Å². The average molecular weight is 274 g/mol. The van der Waals surface area contributed by atoms with Gasteiger partial charge in [-0.25, -0.2) is 9.97 Å². The van der Waals surface area contributed by atoms with Gasteiger partial charge in [0.05, 0.1) is 6.26 Å². The van der Waals surface area contributed by atoms with Gasteiger partial charge in [-0.2, -0.15) is 0 Å². The Hall–Kier alpha value is -2.04. The number of nitrogens with one attached hydrogen (secondary N) is 2. The second kappa shape index (κ2) is 6.41. The number of hydrogen-bond donors (Lipinski definition) is 2. The van der Waals surface area contributed by atoms with Gasteiger partial charge >= 0.3 is 0 Å². The van der Waals surface area contributed by atoms with Crippen molar-refractivity contribution in [3.63, 3.8) is 0 Å². The Morgan fingerprint density at radius 1 is 1.25 bits per heavy atom. The van der Waals surface area contributed by atoms with E-state index in [-0.39, 0.29) is 0 Å². The maximum Gasteiger partial charge on any atom is 0.135 e. The minimum absolute atomic E-state index is 0.299. The van der Waals surface area contributed by atoms with Crippen molar-refractivity contribution < 1.29 is 4.42 Å². The number of nitrogens with zero attached hydrogens (tertiary/aromatic N) is 2. The molecule has 0 spiro atoms. The first kappa shape index (κ1) is 14.4. The minimum atomic E-state index is 0.299. The average Bonchev–Trinajstić information content (AvgIpc) is 2.93. The molecule has 0 atom stereocenters. The Labute approximate surface area is 119 Å². The van der Waals surface area contributed by atoms with E-state index in [2.05, 4.69) is 34.4 Å². The van der Waals surface area contributed by atoms with Gasteiger partial charge in [0.1, 0.15) is 23.2 Å². The van der Waals surface area contributed by atoms with Gasteiger partial charge in [-0.15, -0.1) is 0 Å². The molecule has 0 aliphatic carbocycles. The van der Waals surface area contributed by atoms with Crippen molar-refractivity contribution in [2.75, 3.05) is 24.2 Å². The van der Waals surface area contributed by atoms with Crippen LogP contribution in [0.3, 0.4) is 0 Å². The molecule has 2 aromatic rings. The summed E-state index contributed by atoms with van der Waals surface area (Å²) in [6.07, 6.45) is 2.53. The molecule has 0 saturated heterocycles. The molecule has 0 radical (unpaired) electrons. The molecule has 2 rings (SSSR count). The van der Waals surface area contributed by atoms with Crippen LogP contribution in [0.2, 0.25) is 0 Å². The topological polar surface area (TPSA) is 63.0 Å². The molecule has 0 amide bonds. The summed E-state index contributed by atoms with van der Waals surface area (Å²) in [5.74, 6) is 3.89. The molecule has 0 fully saturated rings. The smallest absolute Gasteiger partial charge is 0.135 e. The van der Waals surface area contributed by atoms with E-state index in [0.29, 0.717) is 5.92 Å². The van der Waals surface area contributed by atoms with Crippen molar-refractivity contribution in [2.45, 2.75) is 33.1 Å². The van der Waals surface area contributed by atoms with Gasteiger partial charge in [-0.05, 0) is 19.1 Å². The second-order valence-electron chi connectivity index (χ2n) is 5.06. The van der Waals surface area contributed by atoms with Crippen LogP contribution in [0.5, 0.6) is 0 Å². The van der Waals surface area contributed by atoms with Gasteiger partial charge < -0.3 is 15.1 Å². The zero-order valence-corrected chi connectivity index (χ0v) is 12.5. The molecule has 5 nitrogen and oxygen atoms in total. The Morgan fingerprint density at radius 3 is 2.60 bits per heavy atom. The van der Waals surface area contributed by atoms with Crippen LogP contribution in [0.4, 0.5) is 11.6 Å². The fourth-order valence-corrected chi connectivity index (χ4v) is 1.97. The quantitative estimate of drug-likeness (QED) is 0.847. The SMILES string of the molecule is CNc1nc(C(C)C)nc(NCCc2ccco2)c1C. The molecule has 5 heteroatoms. The maximum absolute atomic E-state index is 5.32. The molecule has 0 saturated carbocycles. The summed E-state index contributed by atoms with van der Waals surface area (Å²) in [4.78, 5) is 9.13. The number of anilines is 2. The fraction of sp³-hybridized carbons (Fsp3) is 0.467. The lowest BCUT2D eigenvalue weighted by atomic mass is 10.2. The van der Waals surface area contributed by atoms with Crippen LogP contribution in [0.25, 0.3) is 0 Å². The van der Waals surface area contributed by atoms with Crippen molar-refractivity contribution in [3.8, 4) is 0 Å². The highest BCUT2D eigenvalue weighted by Crippen LogP contribution is 2.22. The van der Waals surface area contributed by atoms with E-state index in [0.717, 1.165) is 41.7 Å². The van der Waals surface area contributed by atoms with Crippen LogP contribution in [-0.4, -0.2) is 23.6 Å². The monoisotopic (exact) mass is 274 g/mol. The number of aromatic nitrogens is 2. The highest BCUT2D eigenvalue weighted by molar-refractivity contribution is 5.57. The largest absolute Gasteiger partial charge is 0.469 e. The van der Waals surface area contributed by atoms with E-state index in [1.165, 1.54) is 0 Å². The first-order chi connectivity index (χ1) is 9.61. The summed E-state index contributed by atoms with van der Waals surface area (Å²) in [7, 11) is 1.88. The Kier molecular flexibility index (Phi) is 4.61. The molecule has 20 heavy (non-hydrogen) atoms. The highest BCUT2D eigenvalue weighted by atomic mass is 16.3. The maximum atomic E-state index is 5.32. The third kappa shape index (κ3) is 3.29. The molecule has 0 bridgehead atoms. The Bertz CT molecular complexity index is 549. The third-order valence-electron chi connectivity index (χ3n) is 3.16. The second-order valence-corrected chi connectivity index (χ2v) is 5.06. The van der Waals surface area contributed by atoms with Crippen molar-refractivity contribution in [1.82, 2.24) is 9.97 Å². The van der Waals surface area contributed by atoms with Crippen molar-refractivity contribution in [3.05, 3.63) is 35.5 Å². The van der Waals surface area contributed by atoms with Crippen LogP contribution in [0.15, 0.2) is 22.8 Å². The van der Waals surface area contributed by atoms with Crippen LogP contribution in [0.1, 0.15) is 36.9 Å². The zero-order valence-electron chi connectivity index (χ0n) is 12.5. The van der Waals surface area contributed by atoms with Crippen molar-refractivity contribution in [2.24, 2.45) is 0 Å². The van der Waals surface area contributed by atoms with Gasteiger partial charge in [0, 0.05) is 31.5 Å². The van der Waals surface area contributed by atoms with Crippen LogP contribution in [-0.2, 0) is 6.42 Å². The molecule has 0 aliphatic rings. The van der Waals surface area contributed by atoms with Gasteiger partial charge in [-0.1, -0.05) is 13.8 Å². The Morgan fingerprint density at radius 2 is 2.00 bits per heavy atom. The first-order valence-corrected chi connectivity index (χ1v) is 6.94. The van der Waals surface area contributed by atoms with E-state index in [9.17, 15) is 0 Å². The van der Waals surface area contributed by atoms with Crippen LogP contribution < -0.4 is 10.6 Å². The molecule has 2 heterocycles. The van der Waals surface area contributed by atoms with Gasteiger partial charge in [-0.3, -0.25) is 0 Å². The molecule has 2 N–H and O–H groups in total. The fourth-order valence-electron chi connectivity index (χ4n) is 1.97. The van der Waals surface area contributed by atoms with Crippen LogP contribution >= 0.6 is 0 Å². The summed E-state index contributed by atoms with van der Waals surface area (Å²) in [5.41, 5.74) is 1.04. The van der Waals surface area contributed by atoms with E-state index < -0.39 is 0 Å². The van der Waals surface area contributed by atoms with E-state index in [1.807, 2.05) is 26.1 Å². The standard InChI is InChI=1S/C15H22N4O/c1-10(2)13-18-14(16-4)11(3)15(19-13)17-8-7-12-6-5-9-20-12/h5-6,9-10H,7-8H2,1-4H3,(H2,16,17,18,19). The summed E-state index contributed by atoms with van der Waals surface area (Å²) in [6.45, 7) is 6.99. The molecule has 108 valence electrons. The number of rotatable bonds is 6. The van der Waals surface area contributed by atoms with E-state index in [1.54, 1.807) is 6.26 Å².